The number of alkyl halides is 3. The first-order valence-electron chi connectivity index (χ1n) is 8.84. The summed E-state index contributed by atoms with van der Waals surface area (Å²) in [6.45, 7) is 6.99. The second kappa shape index (κ2) is 6.52. The number of likely N-dealkylation sites (tertiary alicyclic amines) is 1. The quantitative estimate of drug-likeness (QED) is 0.819. The van der Waals surface area contributed by atoms with Crippen LogP contribution in [0.4, 0.5) is 23.7 Å². The maximum absolute atomic E-state index is 13.1. The van der Waals surface area contributed by atoms with Crippen molar-refractivity contribution in [3.63, 3.8) is 0 Å². The van der Waals surface area contributed by atoms with Gasteiger partial charge in [0.1, 0.15) is 11.2 Å². The number of carbonyl (C=O) groups excluding carboxylic acids is 1. The van der Waals surface area contributed by atoms with Crippen LogP contribution in [0.3, 0.4) is 0 Å². The van der Waals surface area contributed by atoms with Crippen LogP contribution < -0.4 is 4.90 Å². The van der Waals surface area contributed by atoms with Crippen LogP contribution in [0.5, 0.6) is 0 Å². The topological polar surface area (TPSA) is 83.0 Å². The highest BCUT2D eigenvalue weighted by molar-refractivity contribution is 5.96. The van der Waals surface area contributed by atoms with Gasteiger partial charge in [-0.2, -0.15) is 13.2 Å². The molecular weight excluding hydrogens is 379 g/mol. The summed E-state index contributed by atoms with van der Waals surface area (Å²) in [5.74, 6) is -1.67. The van der Waals surface area contributed by atoms with Crippen molar-refractivity contribution >= 4 is 17.7 Å². The van der Waals surface area contributed by atoms with Crippen molar-refractivity contribution in [1.82, 2.24) is 9.88 Å². The number of hydrogen-bond donors (Lipinski definition) is 1. The van der Waals surface area contributed by atoms with E-state index in [9.17, 15) is 27.9 Å². The number of amides is 1. The van der Waals surface area contributed by atoms with E-state index in [-0.39, 0.29) is 11.1 Å². The molecule has 0 aromatic carbocycles. The molecule has 2 fully saturated rings. The summed E-state index contributed by atoms with van der Waals surface area (Å²) < 4.78 is 44.8. The van der Waals surface area contributed by atoms with Crippen molar-refractivity contribution in [2.45, 2.75) is 39.0 Å². The normalized spacial score (nSPS) is 18.9. The van der Waals surface area contributed by atoms with Gasteiger partial charge in [-0.1, -0.05) is 0 Å². The third kappa shape index (κ3) is 3.85. The van der Waals surface area contributed by atoms with Gasteiger partial charge < -0.3 is 19.6 Å². The maximum Gasteiger partial charge on any atom is 0.434 e. The lowest BCUT2D eigenvalue weighted by molar-refractivity contribution is -0.141. The summed E-state index contributed by atoms with van der Waals surface area (Å²) >= 11 is 0. The van der Waals surface area contributed by atoms with Gasteiger partial charge in [0.25, 0.3) is 0 Å². The predicted octanol–water partition coefficient (Wildman–Crippen LogP) is 3.25. The molecule has 1 amide bonds. The minimum absolute atomic E-state index is 0.00355. The monoisotopic (exact) mass is 401 g/mol. The number of carbonyl (C=O) groups is 2. The Bertz CT molecular complexity index is 798. The average molecular weight is 401 g/mol. The SMILES string of the molecule is CC(C)(C)OC(=O)N1CCC2(C1)CN(c1ccnc(C(F)(F)F)c1C(=O)O)C2. The summed E-state index contributed by atoms with van der Waals surface area (Å²) in [5, 5.41) is 9.32. The molecule has 7 nitrogen and oxygen atoms in total. The first-order chi connectivity index (χ1) is 12.8. The van der Waals surface area contributed by atoms with Crippen molar-refractivity contribution in [1.29, 1.82) is 0 Å². The zero-order valence-corrected chi connectivity index (χ0v) is 15.8. The molecular formula is C18H22F3N3O4. The number of ether oxygens (including phenoxy) is 1. The van der Waals surface area contributed by atoms with Crippen LogP contribution in [0.25, 0.3) is 0 Å². The highest BCUT2D eigenvalue weighted by Crippen LogP contribution is 2.44. The summed E-state index contributed by atoms with van der Waals surface area (Å²) in [6.07, 6.45) is -3.62. The van der Waals surface area contributed by atoms with Gasteiger partial charge in [-0.15, -0.1) is 0 Å². The van der Waals surface area contributed by atoms with E-state index < -0.39 is 35.1 Å². The molecule has 3 rings (SSSR count). The Morgan fingerprint density at radius 2 is 1.86 bits per heavy atom. The third-order valence-corrected chi connectivity index (χ3v) is 4.89. The lowest BCUT2D eigenvalue weighted by atomic mass is 9.78. The van der Waals surface area contributed by atoms with E-state index in [2.05, 4.69) is 4.98 Å². The van der Waals surface area contributed by atoms with E-state index in [0.717, 1.165) is 6.20 Å². The number of rotatable bonds is 2. The maximum atomic E-state index is 13.1. The fourth-order valence-corrected chi connectivity index (χ4v) is 3.75. The smallest absolute Gasteiger partial charge is 0.434 e. The number of aromatic carboxylic acids is 1. The van der Waals surface area contributed by atoms with Gasteiger partial charge in [0, 0.05) is 37.8 Å². The highest BCUT2D eigenvalue weighted by Gasteiger charge is 2.51. The molecule has 0 unspecified atom stereocenters. The number of aromatic nitrogens is 1. The molecule has 0 aliphatic carbocycles. The molecule has 1 N–H and O–H groups in total. The summed E-state index contributed by atoms with van der Waals surface area (Å²) in [6, 6.07) is 1.28. The van der Waals surface area contributed by atoms with E-state index in [0.29, 0.717) is 32.6 Å². The molecule has 1 aromatic heterocycles. The number of halogens is 3. The van der Waals surface area contributed by atoms with E-state index in [1.807, 2.05) is 0 Å². The Balaban J connectivity index is 1.74. The molecule has 1 spiro atoms. The van der Waals surface area contributed by atoms with Gasteiger partial charge in [0.05, 0.1) is 5.69 Å². The van der Waals surface area contributed by atoms with Crippen LogP contribution in [-0.4, -0.2) is 58.8 Å². The Morgan fingerprint density at radius 3 is 2.39 bits per heavy atom. The first-order valence-corrected chi connectivity index (χ1v) is 8.84. The van der Waals surface area contributed by atoms with Crippen molar-refractivity contribution in [3.8, 4) is 0 Å². The zero-order valence-electron chi connectivity index (χ0n) is 15.8. The van der Waals surface area contributed by atoms with Crippen molar-refractivity contribution < 1.29 is 32.6 Å². The lowest BCUT2D eigenvalue weighted by Gasteiger charge is -2.49. The number of carboxylic acid groups (broad SMARTS) is 1. The van der Waals surface area contributed by atoms with E-state index >= 15 is 0 Å². The van der Waals surface area contributed by atoms with E-state index in [1.165, 1.54) is 6.07 Å². The fraction of sp³-hybridized carbons (Fsp3) is 0.611. The predicted molar refractivity (Wildman–Crippen MR) is 93.3 cm³/mol. The number of anilines is 1. The van der Waals surface area contributed by atoms with Gasteiger partial charge in [-0.25, -0.2) is 9.59 Å². The second-order valence-corrected chi connectivity index (χ2v) is 8.36. The summed E-state index contributed by atoms with van der Waals surface area (Å²) in [5.41, 5.74) is -3.13. The molecule has 28 heavy (non-hydrogen) atoms. The summed E-state index contributed by atoms with van der Waals surface area (Å²) in [7, 11) is 0. The number of hydrogen-bond acceptors (Lipinski definition) is 5. The van der Waals surface area contributed by atoms with E-state index in [4.69, 9.17) is 4.74 Å². The molecule has 0 saturated carbocycles. The zero-order chi connectivity index (χ0) is 20.9. The molecule has 10 heteroatoms. The minimum Gasteiger partial charge on any atom is -0.478 e. The number of carboxylic acids is 1. The number of nitrogens with zero attached hydrogens (tertiary/aromatic N) is 3. The Labute approximate surface area is 160 Å². The third-order valence-electron chi connectivity index (χ3n) is 4.89. The standard InChI is InChI=1S/C18H22F3N3O4/c1-16(2,3)28-15(27)23-7-5-17(8-23)9-24(10-17)11-4-6-22-13(18(19,20)21)12(11)14(25)26/h4,6H,5,7-10H2,1-3H3,(H,25,26). The molecule has 0 bridgehead atoms. The molecule has 154 valence electrons. The van der Waals surface area contributed by atoms with E-state index in [1.54, 1.807) is 30.6 Å². The molecule has 2 saturated heterocycles. The Hall–Kier alpha value is -2.52. The lowest BCUT2D eigenvalue weighted by Crippen LogP contribution is -2.58. The van der Waals surface area contributed by atoms with Gasteiger partial charge in [-0.3, -0.25) is 4.98 Å². The molecule has 3 heterocycles. The van der Waals surface area contributed by atoms with Crippen molar-refractivity contribution in [2.75, 3.05) is 31.1 Å². The summed E-state index contributed by atoms with van der Waals surface area (Å²) in [4.78, 5) is 30.1. The Morgan fingerprint density at radius 1 is 1.21 bits per heavy atom. The van der Waals surface area contributed by atoms with Gasteiger partial charge >= 0.3 is 18.2 Å². The highest BCUT2D eigenvalue weighted by atomic mass is 19.4. The molecule has 2 aliphatic heterocycles. The first kappa shape index (κ1) is 20.2. The van der Waals surface area contributed by atoms with Crippen molar-refractivity contribution in [3.05, 3.63) is 23.5 Å². The van der Waals surface area contributed by atoms with Crippen LogP contribution >= 0.6 is 0 Å². The minimum atomic E-state index is -4.85. The van der Waals surface area contributed by atoms with Gasteiger partial charge in [0.15, 0.2) is 5.69 Å². The van der Waals surface area contributed by atoms with Gasteiger partial charge in [0.2, 0.25) is 0 Å². The van der Waals surface area contributed by atoms with Crippen LogP contribution in [-0.2, 0) is 10.9 Å². The van der Waals surface area contributed by atoms with Gasteiger partial charge in [-0.05, 0) is 33.3 Å². The second-order valence-electron chi connectivity index (χ2n) is 8.36. The molecule has 0 radical (unpaired) electrons. The van der Waals surface area contributed by atoms with Crippen LogP contribution in [0, 0.1) is 5.41 Å². The van der Waals surface area contributed by atoms with Crippen LogP contribution in [0.15, 0.2) is 12.3 Å². The van der Waals surface area contributed by atoms with Crippen LogP contribution in [0.2, 0.25) is 0 Å². The number of pyridine rings is 1. The molecule has 1 aromatic rings. The molecule has 2 aliphatic rings. The molecule has 0 atom stereocenters. The largest absolute Gasteiger partial charge is 0.478 e. The Kier molecular flexibility index (Phi) is 4.71. The van der Waals surface area contributed by atoms with Crippen LogP contribution in [0.1, 0.15) is 43.2 Å². The van der Waals surface area contributed by atoms with Crippen molar-refractivity contribution in [2.24, 2.45) is 5.41 Å². The average Bonchev–Trinajstić information content (AvgIpc) is 2.96. The fourth-order valence-electron chi connectivity index (χ4n) is 3.75.